The topological polar surface area (TPSA) is 52.9 Å². The summed E-state index contributed by atoms with van der Waals surface area (Å²) in [5.74, 6) is -0.186. The van der Waals surface area contributed by atoms with E-state index in [1.807, 2.05) is 18.2 Å². The lowest BCUT2D eigenvalue weighted by Gasteiger charge is -2.18. The Bertz CT molecular complexity index is 445. The Labute approximate surface area is 98.2 Å². The Morgan fingerprint density at radius 1 is 1.50 bits per heavy atom. The van der Waals surface area contributed by atoms with Crippen LogP contribution < -0.4 is 0 Å². The lowest BCUT2D eigenvalue weighted by Crippen LogP contribution is -2.33. The van der Waals surface area contributed by atoms with Gasteiger partial charge < -0.3 is 10.0 Å². The molecule has 0 radical (unpaired) electrons. The molecule has 0 aliphatic carbocycles. The van der Waals surface area contributed by atoms with Gasteiger partial charge in [-0.1, -0.05) is 23.7 Å². The normalized spacial score (nSPS) is 15.1. The van der Waals surface area contributed by atoms with Crippen LogP contribution in [0.1, 0.15) is 5.56 Å². The molecule has 0 bridgehead atoms. The van der Waals surface area contributed by atoms with Crippen molar-refractivity contribution < 1.29 is 9.90 Å². The molecule has 0 saturated heterocycles. The van der Waals surface area contributed by atoms with Crippen molar-refractivity contribution in [1.29, 1.82) is 0 Å². The van der Waals surface area contributed by atoms with Gasteiger partial charge in [-0.05, 0) is 12.1 Å². The van der Waals surface area contributed by atoms with Gasteiger partial charge in [0.05, 0.1) is 11.6 Å². The Hall–Kier alpha value is -1.55. The molecule has 1 aliphatic heterocycles. The first-order valence-corrected chi connectivity index (χ1v) is 5.32. The second-order valence-electron chi connectivity index (χ2n) is 3.50. The molecular weight excluding hydrogens is 228 g/mol. The molecule has 1 aromatic rings. The minimum absolute atomic E-state index is 0.0376. The molecule has 0 fully saturated rings. The van der Waals surface area contributed by atoms with E-state index in [0.29, 0.717) is 23.9 Å². The molecule has 84 valence electrons. The number of carboxylic acids is 1. The highest BCUT2D eigenvalue weighted by Crippen LogP contribution is 2.19. The number of nitrogens with zero attached hydrogens (tertiary/aromatic N) is 2. The van der Waals surface area contributed by atoms with Gasteiger partial charge in [-0.25, -0.2) is 0 Å². The number of amidine groups is 1. The van der Waals surface area contributed by atoms with Crippen LogP contribution in [0.4, 0.5) is 0 Å². The molecule has 0 spiro atoms. The van der Waals surface area contributed by atoms with E-state index >= 15 is 0 Å². The molecule has 4 nitrogen and oxygen atoms in total. The van der Waals surface area contributed by atoms with E-state index in [2.05, 4.69) is 4.99 Å². The maximum atomic E-state index is 10.7. The average molecular weight is 239 g/mol. The standard InChI is InChI=1S/C11H11ClN2O2/c12-9-4-2-1-3-8(9)11-13-5-6-14(11)7-10(15)16/h1-4H,5-7H2,(H,15,16). The van der Waals surface area contributed by atoms with Crippen LogP contribution >= 0.6 is 11.6 Å². The maximum absolute atomic E-state index is 10.7. The van der Waals surface area contributed by atoms with Crippen LogP contribution in [-0.4, -0.2) is 41.4 Å². The van der Waals surface area contributed by atoms with Crippen molar-refractivity contribution in [2.75, 3.05) is 19.6 Å². The number of halogens is 1. The molecule has 16 heavy (non-hydrogen) atoms. The van der Waals surface area contributed by atoms with E-state index in [9.17, 15) is 4.79 Å². The van der Waals surface area contributed by atoms with Crippen LogP contribution in [0.25, 0.3) is 0 Å². The fourth-order valence-electron chi connectivity index (χ4n) is 1.70. The van der Waals surface area contributed by atoms with Gasteiger partial charge in [0, 0.05) is 12.1 Å². The number of hydrogen-bond acceptors (Lipinski definition) is 3. The first-order valence-electron chi connectivity index (χ1n) is 4.94. The van der Waals surface area contributed by atoms with Gasteiger partial charge in [0.15, 0.2) is 0 Å². The highest BCUT2D eigenvalue weighted by Gasteiger charge is 2.21. The smallest absolute Gasteiger partial charge is 0.323 e. The highest BCUT2D eigenvalue weighted by molar-refractivity contribution is 6.34. The van der Waals surface area contributed by atoms with Gasteiger partial charge in [0.2, 0.25) is 0 Å². The fraction of sp³-hybridized carbons (Fsp3) is 0.273. The van der Waals surface area contributed by atoms with Crippen molar-refractivity contribution in [3.8, 4) is 0 Å². The Morgan fingerprint density at radius 3 is 2.94 bits per heavy atom. The molecule has 1 N–H and O–H groups in total. The molecule has 5 heteroatoms. The molecule has 0 amide bonds. The lowest BCUT2D eigenvalue weighted by atomic mass is 10.2. The first kappa shape index (κ1) is 11.0. The summed E-state index contributed by atoms with van der Waals surface area (Å²) in [6, 6.07) is 7.32. The van der Waals surface area contributed by atoms with Crippen molar-refractivity contribution in [3.63, 3.8) is 0 Å². The molecule has 1 heterocycles. The van der Waals surface area contributed by atoms with Crippen molar-refractivity contribution >= 4 is 23.4 Å². The number of carboxylic acid groups (broad SMARTS) is 1. The van der Waals surface area contributed by atoms with Gasteiger partial charge in [-0.15, -0.1) is 0 Å². The molecule has 2 rings (SSSR count). The second-order valence-corrected chi connectivity index (χ2v) is 3.91. The van der Waals surface area contributed by atoms with E-state index in [1.165, 1.54) is 0 Å². The van der Waals surface area contributed by atoms with Gasteiger partial charge in [0.25, 0.3) is 0 Å². The predicted octanol–water partition coefficient (Wildman–Crippen LogP) is 1.49. The molecule has 0 atom stereocenters. The van der Waals surface area contributed by atoms with E-state index in [0.717, 1.165) is 5.56 Å². The SMILES string of the molecule is O=C(O)CN1CCN=C1c1ccccc1Cl. The molecule has 0 unspecified atom stereocenters. The molecule has 1 aromatic carbocycles. The van der Waals surface area contributed by atoms with Crippen molar-refractivity contribution in [2.45, 2.75) is 0 Å². The number of benzene rings is 1. The third kappa shape index (κ3) is 2.17. The predicted molar refractivity (Wildman–Crippen MR) is 62.1 cm³/mol. The zero-order chi connectivity index (χ0) is 11.5. The van der Waals surface area contributed by atoms with Crippen LogP contribution in [0.5, 0.6) is 0 Å². The van der Waals surface area contributed by atoms with Crippen molar-refractivity contribution in [2.24, 2.45) is 4.99 Å². The Kier molecular flexibility index (Phi) is 3.10. The van der Waals surface area contributed by atoms with Crippen LogP contribution in [0, 0.1) is 0 Å². The summed E-state index contributed by atoms with van der Waals surface area (Å²) >= 11 is 6.05. The third-order valence-electron chi connectivity index (χ3n) is 2.37. The summed E-state index contributed by atoms with van der Waals surface area (Å²) < 4.78 is 0. The Balaban J connectivity index is 2.27. The summed E-state index contributed by atoms with van der Waals surface area (Å²) in [7, 11) is 0. The minimum atomic E-state index is -0.860. The monoisotopic (exact) mass is 238 g/mol. The lowest BCUT2D eigenvalue weighted by molar-refractivity contribution is -0.137. The first-order chi connectivity index (χ1) is 7.68. The number of rotatable bonds is 3. The van der Waals surface area contributed by atoms with Gasteiger partial charge in [-0.2, -0.15) is 0 Å². The van der Waals surface area contributed by atoms with E-state index in [4.69, 9.17) is 16.7 Å². The van der Waals surface area contributed by atoms with Gasteiger partial charge >= 0.3 is 5.97 Å². The molecule has 1 aliphatic rings. The zero-order valence-electron chi connectivity index (χ0n) is 8.56. The number of hydrogen-bond donors (Lipinski definition) is 1. The fourth-order valence-corrected chi connectivity index (χ4v) is 1.92. The minimum Gasteiger partial charge on any atom is -0.480 e. The quantitative estimate of drug-likeness (QED) is 0.868. The summed E-state index contributed by atoms with van der Waals surface area (Å²) in [5.41, 5.74) is 0.794. The summed E-state index contributed by atoms with van der Waals surface area (Å²) in [6.07, 6.45) is 0. The van der Waals surface area contributed by atoms with E-state index < -0.39 is 5.97 Å². The maximum Gasteiger partial charge on any atom is 0.323 e. The molecule has 0 saturated carbocycles. The largest absolute Gasteiger partial charge is 0.480 e. The zero-order valence-corrected chi connectivity index (χ0v) is 9.31. The van der Waals surface area contributed by atoms with Gasteiger partial charge in [0.1, 0.15) is 12.4 Å². The summed E-state index contributed by atoms with van der Waals surface area (Å²) in [4.78, 5) is 16.7. The van der Waals surface area contributed by atoms with Crippen LogP contribution in [0.2, 0.25) is 5.02 Å². The number of carbonyl (C=O) groups is 1. The summed E-state index contributed by atoms with van der Waals surface area (Å²) in [6.45, 7) is 1.21. The van der Waals surface area contributed by atoms with E-state index in [1.54, 1.807) is 11.0 Å². The van der Waals surface area contributed by atoms with Crippen LogP contribution in [0.3, 0.4) is 0 Å². The van der Waals surface area contributed by atoms with E-state index in [-0.39, 0.29) is 6.54 Å². The van der Waals surface area contributed by atoms with Crippen LogP contribution in [-0.2, 0) is 4.79 Å². The average Bonchev–Trinajstić information content (AvgIpc) is 2.66. The van der Waals surface area contributed by atoms with Gasteiger partial charge in [-0.3, -0.25) is 9.79 Å². The van der Waals surface area contributed by atoms with Crippen molar-refractivity contribution in [1.82, 2.24) is 4.90 Å². The number of aliphatic carboxylic acids is 1. The van der Waals surface area contributed by atoms with Crippen molar-refractivity contribution in [3.05, 3.63) is 34.9 Å². The van der Waals surface area contributed by atoms with Crippen LogP contribution in [0.15, 0.2) is 29.3 Å². The highest BCUT2D eigenvalue weighted by atomic mass is 35.5. The third-order valence-corrected chi connectivity index (χ3v) is 2.70. The number of aliphatic imine (C=N–C) groups is 1. The molecular formula is C11H11ClN2O2. The Morgan fingerprint density at radius 2 is 2.25 bits per heavy atom. The second kappa shape index (κ2) is 4.53. The molecule has 0 aromatic heterocycles. The summed E-state index contributed by atoms with van der Waals surface area (Å²) in [5, 5.41) is 9.37.